The van der Waals surface area contributed by atoms with Gasteiger partial charge in [-0.2, -0.15) is 0 Å². The van der Waals surface area contributed by atoms with Crippen LogP contribution in [0.5, 0.6) is 0 Å². The van der Waals surface area contributed by atoms with E-state index in [9.17, 15) is 14.7 Å². The summed E-state index contributed by atoms with van der Waals surface area (Å²) in [5.74, 6) is 0.489. The molecule has 3 aliphatic heterocycles. The van der Waals surface area contributed by atoms with Gasteiger partial charge in [0.2, 0.25) is 11.8 Å². The summed E-state index contributed by atoms with van der Waals surface area (Å²) in [7, 11) is 0. The minimum absolute atomic E-state index is 0.113. The summed E-state index contributed by atoms with van der Waals surface area (Å²) in [6.45, 7) is 4.88. The largest absolute Gasteiger partial charge is 0.388 e. The van der Waals surface area contributed by atoms with Crippen molar-refractivity contribution in [3.8, 4) is 0 Å². The van der Waals surface area contributed by atoms with Crippen molar-refractivity contribution in [2.45, 2.75) is 69.4 Å². The summed E-state index contributed by atoms with van der Waals surface area (Å²) in [6, 6.07) is -0.262. The van der Waals surface area contributed by atoms with Crippen LogP contribution in [0.15, 0.2) is 0 Å². The van der Waals surface area contributed by atoms with Crippen molar-refractivity contribution in [2.24, 2.45) is 5.92 Å². The lowest BCUT2D eigenvalue weighted by Crippen LogP contribution is -2.57. The van der Waals surface area contributed by atoms with E-state index in [0.29, 0.717) is 25.9 Å². The lowest BCUT2D eigenvalue weighted by molar-refractivity contribution is -0.151. The van der Waals surface area contributed by atoms with Gasteiger partial charge in [-0.25, -0.2) is 0 Å². The molecular weight excluding hydrogens is 330 g/mol. The van der Waals surface area contributed by atoms with Crippen LogP contribution in [0.4, 0.5) is 0 Å². The molecule has 1 atom stereocenters. The molecule has 3 saturated heterocycles. The normalized spacial score (nSPS) is 29.8. The maximum atomic E-state index is 13.1. The number of piperidine rings is 2. The van der Waals surface area contributed by atoms with Crippen molar-refractivity contribution in [1.82, 2.24) is 14.7 Å². The Morgan fingerprint density at radius 1 is 0.846 bits per heavy atom. The Hall–Kier alpha value is -1.14. The molecular formula is C20H33N3O3. The summed E-state index contributed by atoms with van der Waals surface area (Å²) >= 11 is 0. The highest BCUT2D eigenvalue weighted by Gasteiger charge is 2.42. The first-order chi connectivity index (χ1) is 12.6. The number of carbonyl (C=O) groups excluding carboxylic acids is 2. The lowest BCUT2D eigenvalue weighted by atomic mass is 9.90. The van der Waals surface area contributed by atoms with Gasteiger partial charge < -0.3 is 19.8 Å². The van der Waals surface area contributed by atoms with Gasteiger partial charge in [0.15, 0.2) is 0 Å². The molecule has 0 aromatic rings. The molecule has 0 bridgehead atoms. The van der Waals surface area contributed by atoms with Crippen LogP contribution in [0, 0.1) is 5.92 Å². The second-order valence-corrected chi connectivity index (χ2v) is 8.85. The van der Waals surface area contributed by atoms with Crippen LogP contribution in [0.3, 0.4) is 0 Å². The minimum atomic E-state index is -0.656. The molecule has 0 spiro atoms. The molecule has 146 valence electrons. The zero-order valence-electron chi connectivity index (χ0n) is 15.9. The minimum Gasteiger partial charge on any atom is -0.388 e. The maximum Gasteiger partial charge on any atom is 0.245 e. The summed E-state index contributed by atoms with van der Waals surface area (Å²) < 4.78 is 0. The third-order valence-corrected chi connectivity index (χ3v) is 6.72. The number of hydrogen-bond donors (Lipinski definition) is 1. The van der Waals surface area contributed by atoms with Gasteiger partial charge in [0, 0.05) is 32.1 Å². The Balaban J connectivity index is 1.33. The second kappa shape index (κ2) is 7.47. The molecule has 0 aromatic carbocycles. The van der Waals surface area contributed by atoms with Crippen molar-refractivity contribution in [2.75, 3.05) is 39.3 Å². The highest BCUT2D eigenvalue weighted by atomic mass is 16.3. The summed E-state index contributed by atoms with van der Waals surface area (Å²) in [6.07, 6.45) is 8.58. The van der Waals surface area contributed by atoms with E-state index in [1.54, 1.807) is 0 Å². The molecule has 26 heavy (non-hydrogen) atoms. The average molecular weight is 364 g/mol. The van der Waals surface area contributed by atoms with Crippen molar-refractivity contribution in [3.63, 3.8) is 0 Å². The van der Waals surface area contributed by atoms with Gasteiger partial charge in [-0.1, -0.05) is 0 Å². The summed E-state index contributed by atoms with van der Waals surface area (Å²) in [5.41, 5.74) is -0.656. The van der Waals surface area contributed by atoms with Crippen molar-refractivity contribution in [1.29, 1.82) is 0 Å². The predicted octanol–water partition coefficient (Wildman–Crippen LogP) is 1.23. The zero-order chi connectivity index (χ0) is 18.1. The van der Waals surface area contributed by atoms with E-state index >= 15 is 0 Å². The number of nitrogens with zero attached hydrogens (tertiary/aromatic N) is 3. The second-order valence-electron chi connectivity index (χ2n) is 8.85. The molecule has 1 N–H and O–H groups in total. The van der Waals surface area contributed by atoms with Gasteiger partial charge >= 0.3 is 0 Å². The van der Waals surface area contributed by atoms with Crippen LogP contribution >= 0.6 is 0 Å². The van der Waals surface area contributed by atoms with E-state index in [0.717, 1.165) is 58.3 Å². The van der Waals surface area contributed by atoms with Gasteiger partial charge in [-0.05, 0) is 70.9 Å². The summed E-state index contributed by atoms with van der Waals surface area (Å²) in [5, 5.41) is 10.9. The number of hydrogen-bond acceptors (Lipinski definition) is 4. The third kappa shape index (κ3) is 3.91. The quantitative estimate of drug-likeness (QED) is 0.816. The smallest absolute Gasteiger partial charge is 0.245 e. The molecule has 2 amide bonds. The van der Waals surface area contributed by atoms with Crippen LogP contribution in [0.2, 0.25) is 0 Å². The Labute approximate surface area is 156 Å². The third-order valence-electron chi connectivity index (χ3n) is 6.72. The van der Waals surface area contributed by atoms with E-state index in [2.05, 4.69) is 4.90 Å². The maximum absolute atomic E-state index is 13.1. The van der Waals surface area contributed by atoms with E-state index in [1.165, 1.54) is 12.8 Å². The fraction of sp³-hybridized carbons (Fsp3) is 0.900. The highest BCUT2D eigenvalue weighted by molar-refractivity contribution is 5.89. The Morgan fingerprint density at radius 3 is 2.15 bits per heavy atom. The van der Waals surface area contributed by atoms with Crippen LogP contribution in [-0.2, 0) is 9.59 Å². The van der Waals surface area contributed by atoms with E-state index < -0.39 is 5.60 Å². The van der Waals surface area contributed by atoms with Crippen LogP contribution in [-0.4, -0.2) is 82.5 Å². The van der Waals surface area contributed by atoms with Gasteiger partial charge in [-0.15, -0.1) is 0 Å². The van der Waals surface area contributed by atoms with Crippen molar-refractivity contribution >= 4 is 11.8 Å². The Bertz CT molecular complexity index is 534. The standard InChI is InChI=1S/C20H33N3O3/c24-18(16-6-7-16)23-12-2-1-5-17(23)19(25)22-13-8-20(26,9-14-22)15-21-10-3-4-11-21/h16-17,26H,1-15H2/t17-/m1/s1. The molecule has 4 rings (SSSR count). The number of aliphatic hydroxyl groups is 1. The molecule has 0 aromatic heterocycles. The Morgan fingerprint density at radius 2 is 1.50 bits per heavy atom. The Kier molecular flexibility index (Phi) is 5.24. The first kappa shape index (κ1) is 18.2. The number of β-amino-alcohol motifs (C(OH)–C–C–N with tert-alkyl or cyclic N) is 1. The van der Waals surface area contributed by atoms with E-state index in [4.69, 9.17) is 0 Å². The van der Waals surface area contributed by atoms with E-state index in [1.807, 2.05) is 9.80 Å². The molecule has 4 aliphatic rings. The zero-order valence-corrected chi connectivity index (χ0v) is 15.9. The van der Waals surface area contributed by atoms with Crippen LogP contribution in [0.25, 0.3) is 0 Å². The molecule has 1 aliphatic carbocycles. The number of rotatable bonds is 4. The van der Waals surface area contributed by atoms with Gasteiger partial charge in [0.1, 0.15) is 6.04 Å². The molecule has 0 radical (unpaired) electrons. The fourth-order valence-corrected chi connectivity index (χ4v) is 4.89. The van der Waals surface area contributed by atoms with Crippen molar-refractivity contribution in [3.05, 3.63) is 0 Å². The molecule has 1 saturated carbocycles. The molecule has 4 fully saturated rings. The molecule has 0 unspecified atom stereocenters. The number of amides is 2. The lowest BCUT2D eigenvalue weighted by Gasteiger charge is -2.43. The topological polar surface area (TPSA) is 64.1 Å². The SMILES string of the molecule is O=C([C@H]1CCCCN1C(=O)C1CC1)N1CCC(O)(CN2CCCC2)CC1. The van der Waals surface area contributed by atoms with Crippen LogP contribution < -0.4 is 0 Å². The van der Waals surface area contributed by atoms with Gasteiger partial charge in [0.05, 0.1) is 5.60 Å². The first-order valence-electron chi connectivity index (χ1n) is 10.6. The highest BCUT2D eigenvalue weighted by Crippen LogP contribution is 2.34. The average Bonchev–Trinajstić information content (AvgIpc) is 3.39. The molecule has 3 heterocycles. The molecule has 6 nitrogen and oxygen atoms in total. The van der Waals surface area contributed by atoms with E-state index in [-0.39, 0.29) is 23.8 Å². The number of likely N-dealkylation sites (tertiary alicyclic amines) is 3. The van der Waals surface area contributed by atoms with Crippen molar-refractivity contribution < 1.29 is 14.7 Å². The summed E-state index contributed by atoms with van der Waals surface area (Å²) in [4.78, 5) is 31.8. The first-order valence-corrected chi connectivity index (χ1v) is 10.6. The molecule has 6 heteroatoms. The van der Waals surface area contributed by atoms with Gasteiger partial charge in [-0.3, -0.25) is 9.59 Å². The predicted molar refractivity (Wildman–Crippen MR) is 98.5 cm³/mol. The fourth-order valence-electron chi connectivity index (χ4n) is 4.89. The van der Waals surface area contributed by atoms with Crippen LogP contribution in [0.1, 0.15) is 57.8 Å². The monoisotopic (exact) mass is 363 g/mol. The van der Waals surface area contributed by atoms with Gasteiger partial charge in [0.25, 0.3) is 0 Å². The number of carbonyl (C=O) groups is 2.